The van der Waals surface area contributed by atoms with Crippen molar-refractivity contribution in [1.82, 2.24) is 0 Å². The number of halogens is 1. The smallest absolute Gasteiger partial charge is 0.414 e. The maximum atomic E-state index is 12.2. The molecule has 0 aromatic heterocycles. The number of anilines is 2. The normalized spacial score (nSPS) is 21.9. The summed E-state index contributed by atoms with van der Waals surface area (Å²) in [6.07, 6.45) is -0.275. The van der Waals surface area contributed by atoms with E-state index in [4.69, 9.17) is 15.4 Å². The van der Waals surface area contributed by atoms with Crippen molar-refractivity contribution in [2.45, 2.75) is 6.42 Å². The summed E-state index contributed by atoms with van der Waals surface area (Å²) in [6, 6.07) is 6.98. The van der Waals surface area contributed by atoms with Crippen molar-refractivity contribution in [2.24, 2.45) is 5.92 Å². The van der Waals surface area contributed by atoms with E-state index in [2.05, 4.69) is 0 Å². The Morgan fingerprint density at radius 2 is 1.91 bits per heavy atom. The Kier molecular flexibility index (Phi) is 4.20. The highest BCUT2D eigenvalue weighted by molar-refractivity contribution is 8.13. The first-order chi connectivity index (χ1) is 10.8. The van der Waals surface area contributed by atoms with Crippen LogP contribution >= 0.6 is 10.7 Å². The molecule has 23 heavy (non-hydrogen) atoms. The number of cyclic esters (lactones) is 1. The van der Waals surface area contributed by atoms with Crippen LogP contribution in [0.25, 0.3) is 0 Å². The summed E-state index contributed by atoms with van der Waals surface area (Å²) in [5.41, 5.74) is 1.27. The molecule has 2 fully saturated rings. The van der Waals surface area contributed by atoms with Gasteiger partial charge in [-0.15, -0.1) is 0 Å². The molecule has 1 aromatic carbocycles. The number of amides is 2. The molecule has 1 atom stereocenters. The van der Waals surface area contributed by atoms with Gasteiger partial charge in [0.2, 0.25) is 15.0 Å². The average molecular weight is 359 g/mol. The predicted octanol–water partition coefficient (Wildman–Crippen LogP) is 1.56. The van der Waals surface area contributed by atoms with Crippen molar-refractivity contribution in [3.05, 3.63) is 24.3 Å². The Labute approximate surface area is 138 Å². The van der Waals surface area contributed by atoms with Gasteiger partial charge < -0.3 is 9.64 Å². The van der Waals surface area contributed by atoms with Gasteiger partial charge in [-0.2, -0.15) is 0 Å². The molecule has 2 aliphatic heterocycles. The van der Waals surface area contributed by atoms with Gasteiger partial charge in [0.25, 0.3) is 0 Å². The van der Waals surface area contributed by atoms with Gasteiger partial charge in [0, 0.05) is 40.9 Å². The van der Waals surface area contributed by atoms with Crippen molar-refractivity contribution in [3.8, 4) is 0 Å². The lowest BCUT2D eigenvalue weighted by atomic mass is 10.1. The van der Waals surface area contributed by atoms with E-state index in [0.717, 1.165) is 0 Å². The van der Waals surface area contributed by atoms with E-state index in [0.29, 0.717) is 31.1 Å². The Morgan fingerprint density at radius 1 is 1.22 bits per heavy atom. The monoisotopic (exact) mass is 358 g/mol. The van der Waals surface area contributed by atoms with Crippen molar-refractivity contribution in [3.63, 3.8) is 0 Å². The predicted molar refractivity (Wildman–Crippen MR) is 85.2 cm³/mol. The van der Waals surface area contributed by atoms with Crippen molar-refractivity contribution >= 4 is 43.1 Å². The molecule has 124 valence electrons. The standard InChI is InChI=1S/C14H15ClN2O5S/c15-23(20,21)9-10-6-13(18)17(8-10)12-3-1-2-11(7-12)16-4-5-22-14(16)19/h1-3,7,10H,4-6,8-9H2. The summed E-state index contributed by atoms with van der Waals surface area (Å²) in [6.45, 7) is 1.09. The van der Waals surface area contributed by atoms with Crippen LogP contribution in [0.1, 0.15) is 6.42 Å². The van der Waals surface area contributed by atoms with E-state index < -0.39 is 15.1 Å². The summed E-state index contributed by atoms with van der Waals surface area (Å²) in [7, 11) is 1.63. The Hall–Kier alpha value is -1.80. The second-order valence-electron chi connectivity index (χ2n) is 5.57. The molecule has 2 saturated heterocycles. The van der Waals surface area contributed by atoms with E-state index in [9.17, 15) is 18.0 Å². The molecule has 2 amide bonds. The second kappa shape index (κ2) is 6.01. The van der Waals surface area contributed by atoms with Crippen molar-refractivity contribution in [2.75, 3.05) is 35.2 Å². The average Bonchev–Trinajstić information content (AvgIpc) is 3.03. The van der Waals surface area contributed by atoms with Crippen LogP contribution in [0.3, 0.4) is 0 Å². The van der Waals surface area contributed by atoms with E-state index in [1.807, 2.05) is 0 Å². The fourth-order valence-corrected chi connectivity index (χ4v) is 4.20. The number of benzene rings is 1. The molecular weight excluding hydrogens is 344 g/mol. The molecule has 2 heterocycles. The molecule has 1 unspecified atom stereocenters. The fraction of sp³-hybridized carbons (Fsp3) is 0.429. The van der Waals surface area contributed by atoms with Crippen LogP contribution in [-0.4, -0.2) is 45.9 Å². The van der Waals surface area contributed by atoms with Crippen LogP contribution in [0.4, 0.5) is 16.2 Å². The number of ether oxygens (including phenoxy) is 1. The molecule has 3 rings (SSSR count). The Morgan fingerprint density at radius 3 is 2.52 bits per heavy atom. The highest BCUT2D eigenvalue weighted by Gasteiger charge is 2.33. The second-order valence-corrected chi connectivity index (χ2v) is 8.39. The van der Waals surface area contributed by atoms with Crippen LogP contribution in [0, 0.1) is 5.92 Å². The molecule has 9 heteroatoms. The van der Waals surface area contributed by atoms with Crippen LogP contribution < -0.4 is 9.80 Å². The van der Waals surface area contributed by atoms with E-state index in [-0.39, 0.29) is 24.0 Å². The lowest BCUT2D eigenvalue weighted by molar-refractivity contribution is -0.117. The fourth-order valence-electron chi connectivity index (χ4n) is 2.88. The molecule has 0 N–H and O–H groups in total. The lowest BCUT2D eigenvalue weighted by Gasteiger charge is -2.19. The van der Waals surface area contributed by atoms with Crippen LogP contribution in [0.5, 0.6) is 0 Å². The van der Waals surface area contributed by atoms with Gasteiger partial charge in [-0.25, -0.2) is 13.2 Å². The number of nitrogens with zero attached hydrogens (tertiary/aromatic N) is 2. The van der Waals surface area contributed by atoms with Gasteiger partial charge in [0.15, 0.2) is 0 Å². The molecule has 0 bridgehead atoms. The molecule has 2 aliphatic rings. The van der Waals surface area contributed by atoms with Gasteiger partial charge >= 0.3 is 6.09 Å². The first-order valence-electron chi connectivity index (χ1n) is 7.10. The number of hydrogen-bond donors (Lipinski definition) is 0. The van der Waals surface area contributed by atoms with E-state index >= 15 is 0 Å². The molecule has 1 aromatic rings. The zero-order valence-corrected chi connectivity index (χ0v) is 13.7. The third kappa shape index (κ3) is 3.59. The quantitative estimate of drug-likeness (QED) is 0.763. The molecule has 0 saturated carbocycles. The maximum absolute atomic E-state index is 12.2. The molecule has 0 aliphatic carbocycles. The van der Waals surface area contributed by atoms with Gasteiger partial charge in [-0.05, 0) is 18.2 Å². The highest BCUT2D eigenvalue weighted by Crippen LogP contribution is 2.30. The highest BCUT2D eigenvalue weighted by atomic mass is 35.7. The van der Waals surface area contributed by atoms with Gasteiger partial charge in [-0.3, -0.25) is 9.69 Å². The number of rotatable bonds is 4. The van der Waals surface area contributed by atoms with Gasteiger partial charge in [-0.1, -0.05) is 6.07 Å². The van der Waals surface area contributed by atoms with Gasteiger partial charge in [0.1, 0.15) is 6.61 Å². The van der Waals surface area contributed by atoms with Gasteiger partial charge in [0.05, 0.1) is 12.3 Å². The largest absolute Gasteiger partial charge is 0.447 e. The summed E-state index contributed by atoms with van der Waals surface area (Å²) in [5, 5.41) is 0. The third-order valence-electron chi connectivity index (χ3n) is 3.85. The minimum atomic E-state index is -3.64. The van der Waals surface area contributed by atoms with Crippen LogP contribution in [0.2, 0.25) is 0 Å². The summed E-state index contributed by atoms with van der Waals surface area (Å²) < 4.78 is 27.3. The zero-order chi connectivity index (χ0) is 16.6. The Bertz CT molecular complexity index is 751. The minimum Gasteiger partial charge on any atom is -0.447 e. The SMILES string of the molecule is O=C1CC(CS(=O)(=O)Cl)CN1c1cccc(N2CCOC2=O)c1. The number of hydrogen-bond acceptors (Lipinski definition) is 5. The van der Waals surface area contributed by atoms with Crippen LogP contribution in [-0.2, 0) is 18.6 Å². The third-order valence-corrected chi connectivity index (χ3v) is 5.10. The van der Waals surface area contributed by atoms with Crippen molar-refractivity contribution in [1.29, 1.82) is 0 Å². The maximum Gasteiger partial charge on any atom is 0.414 e. The summed E-state index contributed by atoms with van der Waals surface area (Å²) in [5.74, 6) is -0.712. The summed E-state index contributed by atoms with van der Waals surface area (Å²) >= 11 is 0. The summed E-state index contributed by atoms with van der Waals surface area (Å²) in [4.78, 5) is 26.8. The van der Waals surface area contributed by atoms with Crippen LogP contribution in [0.15, 0.2) is 24.3 Å². The van der Waals surface area contributed by atoms with Crippen molar-refractivity contribution < 1.29 is 22.7 Å². The zero-order valence-electron chi connectivity index (χ0n) is 12.1. The Balaban J connectivity index is 1.79. The van der Waals surface area contributed by atoms with E-state index in [1.165, 1.54) is 9.80 Å². The first-order valence-corrected chi connectivity index (χ1v) is 9.58. The molecule has 0 radical (unpaired) electrons. The number of carbonyl (C=O) groups is 2. The molecular formula is C14H15ClN2O5S. The molecule has 0 spiro atoms. The number of carbonyl (C=O) groups excluding carboxylic acids is 2. The minimum absolute atomic E-state index is 0.141. The van der Waals surface area contributed by atoms with E-state index in [1.54, 1.807) is 24.3 Å². The molecule has 7 nitrogen and oxygen atoms in total. The lowest BCUT2D eigenvalue weighted by Crippen LogP contribution is -2.27. The first kappa shape index (κ1) is 16.1. The topological polar surface area (TPSA) is 84.0 Å².